The summed E-state index contributed by atoms with van der Waals surface area (Å²) in [6.45, 7) is 4.53. The van der Waals surface area contributed by atoms with Crippen molar-refractivity contribution in [1.82, 2.24) is 5.32 Å². The number of anilines is 1. The molecule has 6 heteroatoms. The first-order valence-electron chi connectivity index (χ1n) is 8.68. The molecule has 1 aromatic heterocycles. The van der Waals surface area contributed by atoms with Crippen molar-refractivity contribution in [2.75, 3.05) is 11.9 Å². The first-order chi connectivity index (χ1) is 13.1. The Balaban J connectivity index is 1.55. The summed E-state index contributed by atoms with van der Waals surface area (Å²) in [5.41, 5.74) is 3.55. The molecule has 0 saturated carbocycles. The van der Waals surface area contributed by atoms with Crippen molar-refractivity contribution in [3.63, 3.8) is 0 Å². The molecule has 2 N–H and O–H groups in total. The van der Waals surface area contributed by atoms with Gasteiger partial charge in [0.1, 0.15) is 11.3 Å². The third-order valence-electron chi connectivity index (χ3n) is 4.16. The highest BCUT2D eigenvalue weighted by atomic mass is 32.1. The van der Waals surface area contributed by atoms with Gasteiger partial charge in [0.25, 0.3) is 0 Å². The maximum atomic E-state index is 12.5. The second kappa shape index (κ2) is 7.25. The van der Waals surface area contributed by atoms with E-state index in [0.29, 0.717) is 23.5 Å². The number of benzene rings is 2. The molecule has 0 spiro atoms. The van der Waals surface area contributed by atoms with Gasteiger partial charge in [-0.1, -0.05) is 17.7 Å². The lowest BCUT2D eigenvalue weighted by atomic mass is 10.1. The third kappa shape index (κ3) is 3.71. The van der Waals surface area contributed by atoms with Crippen LogP contribution in [0.5, 0.6) is 5.75 Å². The second-order valence-electron chi connectivity index (χ2n) is 6.17. The molecule has 0 unspecified atom stereocenters. The molecule has 0 fully saturated rings. The van der Waals surface area contributed by atoms with Crippen molar-refractivity contribution < 1.29 is 9.15 Å². The van der Waals surface area contributed by atoms with Gasteiger partial charge in [0, 0.05) is 22.5 Å². The number of hydrogen-bond acceptors (Lipinski definition) is 5. The molecule has 0 atom stereocenters. The zero-order valence-electron chi connectivity index (χ0n) is 15.0. The summed E-state index contributed by atoms with van der Waals surface area (Å²) >= 11 is 1.50. The first-order valence-corrected chi connectivity index (χ1v) is 9.56. The van der Waals surface area contributed by atoms with Gasteiger partial charge in [-0.05, 0) is 44.2 Å². The van der Waals surface area contributed by atoms with Crippen molar-refractivity contribution in [3.8, 4) is 5.75 Å². The Morgan fingerprint density at radius 2 is 1.96 bits per heavy atom. The predicted octanol–water partition coefficient (Wildman–Crippen LogP) is 4.33. The minimum Gasteiger partial charge on any atom is -0.494 e. The van der Waals surface area contributed by atoms with Gasteiger partial charge in [0.05, 0.1) is 17.9 Å². The van der Waals surface area contributed by atoms with Crippen molar-refractivity contribution in [2.45, 2.75) is 13.8 Å². The van der Waals surface area contributed by atoms with Gasteiger partial charge in [-0.15, -0.1) is 11.4 Å². The molecule has 0 amide bonds. The van der Waals surface area contributed by atoms with Crippen molar-refractivity contribution >= 4 is 38.8 Å². The Labute approximate surface area is 160 Å². The molecular formula is C21H19N2O3S. The minimum absolute atomic E-state index is 0.382. The quantitative estimate of drug-likeness (QED) is 0.522. The molecule has 1 aliphatic rings. The molecule has 4 rings (SSSR count). The van der Waals surface area contributed by atoms with E-state index < -0.39 is 0 Å². The fourth-order valence-electron chi connectivity index (χ4n) is 2.79. The third-order valence-corrected chi connectivity index (χ3v) is 4.95. The van der Waals surface area contributed by atoms with Gasteiger partial charge in [-0.25, -0.2) is 4.79 Å². The molecule has 2 heterocycles. The molecule has 1 radical (unpaired) electrons. The van der Waals surface area contributed by atoms with Crippen LogP contribution in [-0.4, -0.2) is 11.7 Å². The summed E-state index contributed by atoms with van der Waals surface area (Å²) in [6, 6.07) is 15.5. The van der Waals surface area contributed by atoms with E-state index in [1.165, 1.54) is 16.9 Å². The average molecular weight is 379 g/mol. The van der Waals surface area contributed by atoms with Gasteiger partial charge < -0.3 is 19.8 Å². The Morgan fingerprint density at radius 1 is 1.15 bits per heavy atom. The Bertz CT molecular complexity index is 1110. The van der Waals surface area contributed by atoms with Crippen LogP contribution in [-0.2, 0) is 0 Å². The first kappa shape index (κ1) is 17.3. The van der Waals surface area contributed by atoms with E-state index in [9.17, 15) is 4.79 Å². The van der Waals surface area contributed by atoms with Gasteiger partial charge in [-0.3, -0.25) is 0 Å². The highest BCUT2D eigenvalue weighted by Gasteiger charge is 2.16. The summed E-state index contributed by atoms with van der Waals surface area (Å²) in [4.78, 5) is 12.5. The van der Waals surface area contributed by atoms with Gasteiger partial charge in [0.15, 0.2) is 5.11 Å². The molecule has 0 aliphatic carbocycles. The summed E-state index contributed by atoms with van der Waals surface area (Å²) in [6.07, 6.45) is 0. The number of rotatable bonds is 4. The summed E-state index contributed by atoms with van der Waals surface area (Å²) in [5.74, 6) is 0.688. The SMILES string of the molecule is CCOc1ccc2cc(C3=C[S]=C(Nc4ccc(C)cc4)N3)c(=O)oc2c1. The van der Waals surface area contributed by atoms with Gasteiger partial charge in [0.2, 0.25) is 0 Å². The van der Waals surface area contributed by atoms with Crippen LogP contribution >= 0.6 is 11.4 Å². The smallest absolute Gasteiger partial charge is 0.345 e. The maximum absolute atomic E-state index is 12.5. The normalized spacial score (nSPS) is 13.1. The standard InChI is InChI=1S/C21H19N2O3S/c1-3-25-16-9-6-14-10-17(20(24)26-19(14)11-16)18-12-27-21(23-18)22-15-7-4-13(2)5-8-15/h4-12,22-23H,3H2,1-2H3. The lowest BCUT2D eigenvalue weighted by Crippen LogP contribution is -2.26. The molecule has 0 bridgehead atoms. The molecule has 137 valence electrons. The largest absolute Gasteiger partial charge is 0.494 e. The number of hydrogen-bond donors (Lipinski definition) is 2. The molecule has 0 saturated heterocycles. The van der Waals surface area contributed by atoms with E-state index in [4.69, 9.17) is 9.15 Å². The predicted molar refractivity (Wildman–Crippen MR) is 112 cm³/mol. The van der Waals surface area contributed by atoms with Crippen LogP contribution in [0.2, 0.25) is 0 Å². The Morgan fingerprint density at radius 3 is 2.74 bits per heavy atom. The zero-order valence-corrected chi connectivity index (χ0v) is 15.9. The van der Waals surface area contributed by atoms with Crippen LogP contribution in [0.15, 0.2) is 63.2 Å². The van der Waals surface area contributed by atoms with E-state index in [0.717, 1.165) is 21.9 Å². The molecule has 2 aromatic carbocycles. The highest BCUT2D eigenvalue weighted by Crippen LogP contribution is 2.24. The Kier molecular flexibility index (Phi) is 4.64. The van der Waals surface area contributed by atoms with Gasteiger partial charge >= 0.3 is 5.63 Å². The number of nitrogens with one attached hydrogen (secondary N) is 2. The summed E-state index contributed by atoms with van der Waals surface area (Å²) in [5, 5.41) is 10.2. The fourth-order valence-corrected chi connectivity index (χ4v) is 3.56. The van der Waals surface area contributed by atoms with E-state index in [2.05, 4.69) is 17.6 Å². The lowest BCUT2D eigenvalue weighted by Gasteiger charge is -2.10. The fraction of sp³-hybridized carbons (Fsp3) is 0.143. The lowest BCUT2D eigenvalue weighted by molar-refractivity contribution is 0.340. The molecule has 1 aliphatic heterocycles. The van der Waals surface area contributed by atoms with Gasteiger partial charge in [-0.2, -0.15) is 0 Å². The summed E-state index contributed by atoms with van der Waals surface area (Å²) < 4.78 is 11.0. The maximum Gasteiger partial charge on any atom is 0.345 e. The van der Waals surface area contributed by atoms with Crippen molar-refractivity contribution in [3.05, 3.63) is 75.5 Å². The molecule has 5 nitrogen and oxygen atoms in total. The van der Waals surface area contributed by atoms with E-state index in [-0.39, 0.29) is 5.63 Å². The minimum atomic E-state index is -0.382. The van der Waals surface area contributed by atoms with E-state index >= 15 is 0 Å². The number of ether oxygens (including phenoxy) is 1. The summed E-state index contributed by atoms with van der Waals surface area (Å²) in [7, 11) is 0. The van der Waals surface area contributed by atoms with Crippen LogP contribution in [0.1, 0.15) is 18.1 Å². The van der Waals surface area contributed by atoms with Crippen LogP contribution < -0.4 is 21.0 Å². The number of aryl methyl sites for hydroxylation is 1. The highest BCUT2D eigenvalue weighted by molar-refractivity contribution is 8.02. The molecule has 3 aromatic rings. The van der Waals surface area contributed by atoms with E-state index in [1.807, 2.05) is 54.8 Å². The second-order valence-corrected chi connectivity index (χ2v) is 7.05. The monoisotopic (exact) mass is 379 g/mol. The van der Waals surface area contributed by atoms with Crippen LogP contribution in [0, 0.1) is 6.92 Å². The number of fused-ring (bicyclic) bond motifs is 1. The Hall–Kier alpha value is -3.12. The average Bonchev–Trinajstić information content (AvgIpc) is 3.11. The van der Waals surface area contributed by atoms with E-state index in [1.54, 1.807) is 6.07 Å². The topological polar surface area (TPSA) is 63.5 Å². The molecule has 27 heavy (non-hydrogen) atoms. The van der Waals surface area contributed by atoms with Crippen LogP contribution in [0.25, 0.3) is 16.7 Å². The van der Waals surface area contributed by atoms with Crippen molar-refractivity contribution in [1.29, 1.82) is 0 Å². The van der Waals surface area contributed by atoms with Crippen LogP contribution in [0.4, 0.5) is 5.69 Å². The van der Waals surface area contributed by atoms with Crippen LogP contribution in [0.3, 0.4) is 0 Å². The van der Waals surface area contributed by atoms with Crippen molar-refractivity contribution in [2.24, 2.45) is 0 Å². The zero-order chi connectivity index (χ0) is 18.8. The molecular weight excluding hydrogens is 360 g/mol.